The molecule has 1 atom stereocenters. The molecule has 9 nitrogen and oxygen atoms in total. The van der Waals surface area contributed by atoms with Crippen molar-refractivity contribution < 1.29 is 27.5 Å². The molecule has 5 aromatic rings. The number of amides is 1. The van der Waals surface area contributed by atoms with Crippen LogP contribution in [0.5, 0.6) is 11.5 Å². The van der Waals surface area contributed by atoms with Crippen molar-refractivity contribution in [2.24, 2.45) is 0 Å². The van der Waals surface area contributed by atoms with E-state index in [1.54, 1.807) is 86.0 Å². The van der Waals surface area contributed by atoms with Crippen LogP contribution in [0.2, 0.25) is 0 Å². The topological polar surface area (TPSA) is 125 Å². The van der Waals surface area contributed by atoms with Gasteiger partial charge >= 0.3 is 0 Å². The molecule has 0 aliphatic heterocycles. The maximum absolute atomic E-state index is 14.6. The van der Waals surface area contributed by atoms with Crippen molar-refractivity contribution in [2.75, 3.05) is 14.2 Å². The van der Waals surface area contributed by atoms with Crippen molar-refractivity contribution >= 4 is 44.5 Å². The van der Waals surface area contributed by atoms with E-state index in [-0.39, 0.29) is 28.9 Å². The molecule has 1 heterocycles. The van der Waals surface area contributed by atoms with Gasteiger partial charge in [0.1, 0.15) is 22.5 Å². The van der Waals surface area contributed by atoms with Gasteiger partial charge in [-0.3, -0.25) is 9.59 Å². The van der Waals surface area contributed by atoms with Crippen LogP contribution in [0, 0.1) is 0 Å². The van der Waals surface area contributed by atoms with Crippen molar-refractivity contribution in [1.82, 2.24) is 13.5 Å². The molecule has 0 bridgehead atoms. The van der Waals surface area contributed by atoms with Gasteiger partial charge in [-0.2, -0.15) is 8.75 Å². The molecule has 0 aliphatic carbocycles. The lowest BCUT2D eigenvalue weighted by molar-refractivity contribution is -0.125. The fraction of sp³-hybridized carbons (Fsp3) is 0.257. The number of carbonyl (C=O) groups is 2. The zero-order valence-corrected chi connectivity index (χ0v) is 27.9. The third-order valence-electron chi connectivity index (χ3n) is 8.04. The lowest BCUT2D eigenvalue weighted by atomic mass is 9.70. The van der Waals surface area contributed by atoms with Crippen LogP contribution < -0.4 is 14.2 Å². The minimum atomic E-state index is -4.33. The minimum Gasteiger partial charge on any atom is -0.497 e. The summed E-state index contributed by atoms with van der Waals surface area (Å²) in [6, 6.07) is 25.2. The van der Waals surface area contributed by atoms with E-state index in [1.807, 2.05) is 20.8 Å². The van der Waals surface area contributed by atoms with E-state index in [0.29, 0.717) is 39.2 Å². The zero-order valence-electron chi connectivity index (χ0n) is 26.2. The molecule has 1 N–H and O–H groups in total. The Labute approximate surface area is 273 Å². The second kappa shape index (κ2) is 13.0. The van der Waals surface area contributed by atoms with Gasteiger partial charge in [0.25, 0.3) is 10.0 Å². The molecule has 5 rings (SSSR count). The van der Waals surface area contributed by atoms with Gasteiger partial charge < -0.3 is 9.47 Å². The van der Waals surface area contributed by atoms with Gasteiger partial charge in [-0.1, -0.05) is 51.1 Å². The number of sulfonamides is 1. The monoisotopic (exact) mass is 657 g/mol. The van der Waals surface area contributed by atoms with E-state index < -0.39 is 21.3 Å². The Morgan fingerprint density at radius 2 is 1.33 bits per heavy atom. The summed E-state index contributed by atoms with van der Waals surface area (Å²) in [5.74, 6) is -0.00411. The first-order valence-electron chi connectivity index (χ1n) is 14.6. The van der Waals surface area contributed by atoms with Gasteiger partial charge in [0.15, 0.2) is 5.78 Å². The summed E-state index contributed by atoms with van der Waals surface area (Å²) in [4.78, 5) is 28.6. The lowest BCUT2D eigenvalue weighted by Crippen LogP contribution is -2.49. The highest BCUT2D eigenvalue weighted by atomic mass is 32.2. The number of ketones is 1. The maximum atomic E-state index is 14.6. The van der Waals surface area contributed by atoms with Gasteiger partial charge in [-0.05, 0) is 89.2 Å². The molecule has 0 fully saturated rings. The van der Waals surface area contributed by atoms with Crippen LogP contribution in [0.1, 0.15) is 54.2 Å². The van der Waals surface area contributed by atoms with Crippen LogP contribution in [-0.2, 0) is 32.1 Å². The van der Waals surface area contributed by atoms with Crippen molar-refractivity contribution in [2.45, 2.75) is 49.3 Å². The molecular formula is C35H35N3O6S2. The molecule has 238 valence electrons. The largest absolute Gasteiger partial charge is 0.497 e. The maximum Gasteiger partial charge on any atom is 0.264 e. The number of nitrogens with zero attached hydrogens (tertiary/aromatic N) is 2. The van der Waals surface area contributed by atoms with Gasteiger partial charge in [0.2, 0.25) is 5.91 Å². The van der Waals surface area contributed by atoms with Crippen molar-refractivity contribution in [1.29, 1.82) is 0 Å². The molecule has 0 saturated heterocycles. The van der Waals surface area contributed by atoms with Crippen LogP contribution in [0.4, 0.5) is 0 Å². The van der Waals surface area contributed by atoms with Crippen LogP contribution in [0.25, 0.3) is 11.0 Å². The quantitative estimate of drug-likeness (QED) is 0.165. The van der Waals surface area contributed by atoms with Crippen molar-refractivity contribution in [3.8, 4) is 11.5 Å². The number of benzene rings is 4. The number of fused-ring (bicyclic) bond motifs is 1. The number of carbonyl (C=O) groups excluding carboxylic acids is 2. The van der Waals surface area contributed by atoms with Gasteiger partial charge in [-0.15, -0.1) is 0 Å². The third-order valence-corrected chi connectivity index (χ3v) is 9.94. The number of hydrogen-bond acceptors (Lipinski definition) is 9. The van der Waals surface area contributed by atoms with E-state index in [9.17, 15) is 18.0 Å². The Balaban J connectivity index is 1.63. The van der Waals surface area contributed by atoms with Crippen molar-refractivity contribution in [3.05, 3.63) is 113 Å². The number of ether oxygens (including phenoxy) is 2. The van der Waals surface area contributed by atoms with Gasteiger partial charge in [0.05, 0.1) is 36.3 Å². The average molecular weight is 658 g/mol. The molecule has 46 heavy (non-hydrogen) atoms. The molecule has 0 aliphatic rings. The van der Waals surface area contributed by atoms with Crippen molar-refractivity contribution in [3.63, 3.8) is 0 Å². The molecule has 4 aromatic carbocycles. The standard InChI is InChI=1S/C35H35N3O6S2/c1-34(2,3)25-10-17-29(18-11-25)46(41,42)38-33(40)35(21-23-6-13-27(43-4)14-7-23,26-12-19-30-31(20-26)37-45-36-30)22-32(39)24-8-15-28(44-5)16-9-24/h6-20H,21-22H2,1-5H3,(H,38,40). The first kappa shape index (κ1) is 32.8. The zero-order chi connectivity index (χ0) is 33.1. The molecule has 0 radical (unpaired) electrons. The molecule has 0 saturated carbocycles. The normalized spacial score (nSPS) is 13.2. The first-order valence-corrected chi connectivity index (χ1v) is 16.8. The summed E-state index contributed by atoms with van der Waals surface area (Å²) in [5, 5.41) is 0. The predicted octanol–water partition coefficient (Wildman–Crippen LogP) is 6.26. The van der Waals surface area contributed by atoms with Crippen LogP contribution in [0.15, 0.2) is 95.9 Å². The number of rotatable bonds is 11. The minimum absolute atomic E-state index is 0.00623. The Morgan fingerprint density at radius 1 is 0.761 bits per heavy atom. The summed E-state index contributed by atoms with van der Waals surface area (Å²) in [5.41, 5.74) is 1.73. The molecule has 1 unspecified atom stereocenters. The first-order chi connectivity index (χ1) is 21.8. The number of Topliss-reactive ketones (excluding diaryl/α,β-unsaturated/α-hetero) is 1. The third kappa shape index (κ3) is 6.95. The highest BCUT2D eigenvalue weighted by Gasteiger charge is 2.44. The Kier molecular flexibility index (Phi) is 9.27. The fourth-order valence-electron chi connectivity index (χ4n) is 5.30. The highest BCUT2D eigenvalue weighted by molar-refractivity contribution is 7.90. The SMILES string of the molecule is COc1ccc(CC(CC(=O)c2ccc(OC)cc2)(C(=O)NS(=O)(=O)c2ccc(C(C)(C)C)cc2)c2ccc3nsnc3c2)cc1. The molecule has 1 aromatic heterocycles. The van der Waals surface area contributed by atoms with E-state index in [0.717, 1.165) is 17.3 Å². The molecular weight excluding hydrogens is 623 g/mol. The Bertz CT molecular complexity index is 1960. The average Bonchev–Trinajstić information content (AvgIpc) is 3.52. The predicted molar refractivity (Wildman–Crippen MR) is 178 cm³/mol. The molecule has 1 amide bonds. The second-order valence-electron chi connectivity index (χ2n) is 12.1. The Hall–Kier alpha value is -4.61. The van der Waals surface area contributed by atoms with Gasteiger partial charge in [-0.25, -0.2) is 13.1 Å². The lowest BCUT2D eigenvalue weighted by Gasteiger charge is -2.33. The van der Waals surface area contributed by atoms with Crippen LogP contribution in [-0.4, -0.2) is 43.1 Å². The van der Waals surface area contributed by atoms with E-state index in [4.69, 9.17) is 9.47 Å². The summed E-state index contributed by atoms with van der Waals surface area (Å²) in [7, 11) is -1.25. The van der Waals surface area contributed by atoms with Crippen LogP contribution >= 0.6 is 11.7 Å². The number of aromatic nitrogens is 2. The van der Waals surface area contributed by atoms with E-state index >= 15 is 0 Å². The highest BCUT2D eigenvalue weighted by Crippen LogP contribution is 2.37. The summed E-state index contributed by atoms with van der Waals surface area (Å²) < 4.78 is 49.0. The smallest absolute Gasteiger partial charge is 0.264 e. The van der Waals surface area contributed by atoms with Gasteiger partial charge in [0, 0.05) is 12.0 Å². The Morgan fingerprint density at radius 3 is 1.91 bits per heavy atom. The summed E-state index contributed by atoms with van der Waals surface area (Å²) >= 11 is 1.02. The summed E-state index contributed by atoms with van der Waals surface area (Å²) in [6.45, 7) is 6.08. The number of hydrogen-bond donors (Lipinski definition) is 1. The van der Waals surface area contributed by atoms with E-state index in [1.165, 1.54) is 19.2 Å². The number of nitrogens with one attached hydrogen (secondary N) is 1. The molecule has 0 spiro atoms. The molecule has 11 heteroatoms. The van der Waals surface area contributed by atoms with Crippen LogP contribution in [0.3, 0.4) is 0 Å². The second-order valence-corrected chi connectivity index (χ2v) is 14.3. The fourth-order valence-corrected chi connectivity index (χ4v) is 6.86. The number of methoxy groups -OCH3 is 2. The van der Waals surface area contributed by atoms with E-state index in [2.05, 4.69) is 13.5 Å². The summed E-state index contributed by atoms with van der Waals surface area (Å²) in [6.07, 6.45) is -0.328.